The normalized spacial score (nSPS) is 24.4. The average molecular weight is 1670 g/mol. The fourth-order valence-corrected chi connectivity index (χ4v) is 17.4. The molecule has 0 radical (unpaired) electrons. The van der Waals surface area contributed by atoms with Crippen LogP contribution in [0.15, 0.2) is 24.3 Å². The molecule has 3 saturated heterocycles. The molecule has 1 amide bonds. The number of amides is 1. The van der Waals surface area contributed by atoms with E-state index >= 15 is 0 Å². The highest BCUT2D eigenvalue weighted by atomic mass is 16.8. The molecule has 0 aliphatic carbocycles. The first-order chi connectivity index (χ1) is 57.3. The number of nitrogens with one attached hydrogen (secondary N) is 1. The fourth-order valence-electron chi connectivity index (χ4n) is 17.4. The highest BCUT2D eigenvalue weighted by Gasteiger charge is 2.54. The van der Waals surface area contributed by atoms with Gasteiger partial charge in [-0.15, -0.1) is 0 Å². The van der Waals surface area contributed by atoms with Crippen LogP contribution in [0.3, 0.4) is 0 Å². The van der Waals surface area contributed by atoms with Gasteiger partial charge in [0.15, 0.2) is 18.9 Å². The highest BCUT2D eigenvalue weighted by Crippen LogP contribution is 2.34. The number of hydrogen-bond acceptors (Lipinski definition) is 18. The summed E-state index contributed by atoms with van der Waals surface area (Å²) >= 11 is 0. The SMILES string of the molecule is CCCCCCC/C=C\C/C=C\CCCCCCCCCCCCCCCCCCCCCCCCCCCCCCCC(=O)NC(COC1OC(CO)C(OC2OC(CO)C(OC3OC(CO)C(O)C(O)C3O)C(O)C2O)C(O)C1O)C(O)CCCCCCCCCCCCCCCCCCCCCCCCCCCCCCCCC. The van der Waals surface area contributed by atoms with Crippen LogP contribution >= 0.6 is 0 Å². The lowest BCUT2D eigenvalue weighted by Gasteiger charge is -2.48. The molecule has 0 aromatic heterocycles. The third-order valence-electron chi connectivity index (χ3n) is 25.3. The van der Waals surface area contributed by atoms with Gasteiger partial charge in [0, 0.05) is 6.42 Å². The molecule has 19 heteroatoms. The Balaban J connectivity index is 1.27. The van der Waals surface area contributed by atoms with Crippen LogP contribution in [0, 0.1) is 0 Å². The van der Waals surface area contributed by atoms with Crippen molar-refractivity contribution in [1.82, 2.24) is 5.32 Å². The molecule has 0 spiro atoms. The molecule has 19 nitrogen and oxygen atoms in total. The Morgan fingerprint density at radius 1 is 0.308 bits per heavy atom. The summed E-state index contributed by atoms with van der Waals surface area (Å²) in [5.41, 5.74) is 0. The van der Waals surface area contributed by atoms with Crippen molar-refractivity contribution in [3.05, 3.63) is 24.3 Å². The van der Waals surface area contributed by atoms with E-state index in [0.717, 1.165) is 51.4 Å². The highest BCUT2D eigenvalue weighted by molar-refractivity contribution is 5.76. The van der Waals surface area contributed by atoms with Gasteiger partial charge in [0.1, 0.15) is 73.2 Å². The largest absolute Gasteiger partial charge is 0.394 e. The third-order valence-corrected chi connectivity index (χ3v) is 25.3. The van der Waals surface area contributed by atoms with E-state index in [0.29, 0.717) is 12.8 Å². The Bertz CT molecular complexity index is 2200. The van der Waals surface area contributed by atoms with E-state index in [-0.39, 0.29) is 18.9 Å². The molecular formula is C98H187NO18. The molecular weight excluding hydrogens is 1480 g/mol. The smallest absolute Gasteiger partial charge is 0.220 e. The molecule has 3 fully saturated rings. The first kappa shape index (κ1) is 109. The molecule has 3 rings (SSSR count). The van der Waals surface area contributed by atoms with Gasteiger partial charge < -0.3 is 89.9 Å². The lowest BCUT2D eigenvalue weighted by Crippen LogP contribution is -2.66. The van der Waals surface area contributed by atoms with Gasteiger partial charge in [-0.2, -0.15) is 0 Å². The van der Waals surface area contributed by atoms with Crippen molar-refractivity contribution in [3.63, 3.8) is 0 Å². The maximum absolute atomic E-state index is 13.6. The van der Waals surface area contributed by atoms with Crippen LogP contribution in [0.2, 0.25) is 0 Å². The van der Waals surface area contributed by atoms with Crippen LogP contribution in [-0.2, 0) is 33.2 Å². The zero-order chi connectivity index (χ0) is 84.5. The summed E-state index contributed by atoms with van der Waals surface area (Å²) < 4.78 is 34.7. The summed E-state index contributed by atoms with van der Waals surface area (Å²) in [5.74, 6) is -0.231. The number of aliphatic hydroxyl groups is 11. The molecule has 0 bridgehead atoms. The lowest BCUT2D eigenvalue weighted by atomic mass is 9.96. The van der Waals surface area contributed by atoms with Crippen molar-refractivity contribution in [2.24, 2.45) is 0 Å². The van der Waals surface area contributed by atoms with E-state index < -0.39 is 124 Å². The number of hydrogen-bond donors (Lipinski definition) is 12. The molecule has 0 saturated carbocycles. The molecule has 692 valence electrons. The molecule has 3 aliphatic heterocycles. The minimum atomic E-state index is -1.97. The van der Waals surface area contributed by atoms with Crippen molar-refractivity contribution in [1.29, 1.82) is 0 Å². The Kier molecular flexibility index (Phi) is 72.8. The van der Waals surface area contributed by atoms with E-state index in [4.69, 9.17) is 28.4 Å². The number of aliphatic hydroxyl groups excluding tert-OH is 11. The fraction of sp³-hybridized carbons (Fsp3) is 0.949. The van der Waals surface area contributed by atoms with Crippen LogP contribution in [0.25, 0.3) is 0 Å². The summed E-state index contributed by atoms with van der Waals surface area (Å²) in [6.07, 6.45) is 73.3. The van der Waals surface area contributed by atoms with Gasteiger partial charge in [-0.25, -0.2) is 0 Å². The minimum Gasteiger partial charge on any atom is -0.394 e. The topological polar surface area (TPSA) is 307 Å². The lowest BCUT2D eigenvalue weighted by molar-refractivity contribution is -0.379. The van der Waals surface area contributed by atoms with Gasteiger partial charge in [-0.3, -0.25) is 4.79 Å². The first-order valence-corrected chi connectivity index (χ1v) is 50.1. The van der Waals surface area contributed by atoms with Gasteiger partial charge in [-0.1, -0.05) is 436 Å². The molecule has 17 unspecified atom stereocenters. The van der Waals surface area contributed by atoms with Crippen LogP contribution in [0.1, 0.15) is 463 Å². The predicted octanol–water partition coefficient (Wildman–Crippen LogP) is 20.8. The Morgan fingerprint density at radius 3 is 0.872 bits per heavy atom. The first-order valence-electron chi connectivity index (χ1n) is 50.1. The summed E-state index contributed by atoms with van der Waals surface area (Å²) in [4.78, 5) is 13.6. The maximum Gasteiger partial charge on any atom is 0.220 e. The third kappa shape index (κ3) is 55.4. The average Bonchev–Trinajstić information content (AvgIpc) is 0.778. The summed E-state index contributed by atoms with van der Waals surface area (Å²) in [5, 5.41) is 122. The van der Waals surface area contributed by atoms with Gasteiger partial charge in [0.2, 0.25) is 5.91 Å². The zero-order valence-electron chi connectivity index (χ0n) is 75.2. The van der Waals surface area contributed by atoms with Gasteiger partial charge >= 0.3 is 0 Å². The van der Waals surface area contributed by atoms with Crippen molar-refractivity contribution in [3.8, 4) is 0 Å². The molecule has 0 aromatic rings. The number of rotatable bonds is 84. The van der Waals surface area contributed by atoms with Crippen LogP contribution in [0.5, 0.6) is 0 Å². The summed E-state index contributed by atoms with van der Waals surface area (Å²) in [7, 11) is 0. The molecule has 0 aromatic carbocycles. The summed E-state index contributed by atoms with van der Waals surface area (Å²) in [6, 6.07) is -0.887. The second-order valence-corrected chi connectivity index (χ2v) is 36.0. The Morgan fingerprint density at radius 2 is 0.564 bits per heavy atom. The maximum atomic E-state index is 13.6. The standard InChI is InChI=1S/C98H187NO18/c1-3-5-7-9-11-13-15-17-19-21-23-25-27-29-31-33-35-36-37-38-39-40-41-42-43-44-46-48-50-52-54-56-58-60-62-64-66-68-70-72-74-76-86(104)99-81(82(103)75-73-71-69-67-65-63-61-59-57-55-53-51-49-47-45-34-32-30-28-26-24-22-20-18-16-14-12-10-8-6-4-2)80-112-96-92(110)89(107)94(84(78-101)114-96)117-98-93(111)90(108)95(85(79-102)115-98)116-97-91(109)88(106)87(105)83(77-100)113-97/h15,17,21,23,81-85,87-98,100-103,105-111H,3-14,16,18-20,22,24-80H2,1-2H3,(H,99,104)/b17-15-,23-21-. The van der Waals surface area contributed by atoms with Crippen LogP contribution < -0.4 is 5.32 Å². The number of carbonyl (C=O) groups excluding carboxylic acids is 1. The van der Waals surface area contributed by atoms with E-state index in [1.165, 1.54) is 379 Å². The molecule has 17 atom stereocenters. The monoisotopic (exact) mass is 1670 g/mol. The van der Waals surface area contributed by atoms with Crippen molar-refractivity contribution >= 4 is 5.91 Å². The molecule has 3 aliphatic rings. The summed E-state index contributed by atoms with van der Waals surface area (Å²) in [6.45, 7) is 1.88. The van der Waals surface area contributed by atoms with E-state index in [2.05, 4.69) is 43.5 Å². The van der Waals surface area contributed by atoms with E-state index in [1.807, 2.05) is 0 Å². The minimum absolute atomic E-state index is 0.231. The molecule has 117 heavy (non-hydrogen) atoms. The van der Waals surface area contributed by atoms with Gasteiger partial charge in [0.25, 0.3) is 0 Å². The van der Waals surface area contributed by atoms with Crippen molar-refractivity contribution in [2.75, 3.05) is 26.4 Å². The molecule has 3 heterocycles. The van der Waals surface area contributed by atoms with Crippen LogP contribution in [0.4, 0.5) is 0 Å². The number of allylic oxidation sites excluding steroid dienone is 4. The van der Waals surface area contributed by atoms with Gasteiger partial charge in [0.05, 0.1) is 38.6 Å². The van der Waals surface area contributed by atoms with Crippen molar-refractivity contribution < 1.29 is 89.4 Å². The Hall–Kier alpha value is -1.73. The Labute approximate surface area is 715 Å². The molecule has 12 N–H and O–H groups in total. The number of unbranched alkanes of at least 4 members (excludes halogenated alkanes) is 64. The zero-order valence-corrected chi connectivity index (χ0v) is 75.2. The predicted molar refractivity (Wildman–Crippen MR) is 476 cm³/mol. The number of ether oxygens (including phenoxy) is 6. The quantitative estimate of drug-likeness (QED) is 0.0199. The second kappa shape index (κ2) is 77.8. The number of carbonyl (C=O) groups is 1. The van der Waals surface area contributed by atoms with Crippen LogP contribution in [-0.4, -0.2) is 193 Å². The van der Waals surface area contributed by atoms with Gasteiger partial charge in [-0.05, 0) is 44.9 Å². The van der Waals surface area contributed by atoms with Crippen molar-refractivity contribution in [2.45, 2.75) is 568 Å². The van der Waals surface area contributed by atoms with E-state index in [9.17, 15) is 61.0 Å². The van der Waals surface area contributed by atoms with E-state index in [1.54, 1.807) is 0 Å². The second-order valence-electron chi connectivity index (χ2n) is 36.0.